The number of rotatable bonds is 7. The van der Waals surface area contributed by atoms with Gasteiger partial charge >= 0.3 is 6.36 Å². The number of nitrogens with zero attached hydrogens (tertiary/aromatic N) is 5. The molecule has 1 aliphatic carbocycles. The molecule has 0 unspecified atom stereocenters. The lowest BCUT2D eigenvalue weighted by Crippen LogP contribution is -2.31. The van der Waals surface area contributed by atoms with Crippen molar-refractivity contribution in [2.24, 2.45) is 0 Å². The lowest BCUT2D eigenvalue weighted by molar-refractivity contribution is -0.274. The van der Waals surface area contributed by atoms with Gasteiger partial charge in [-0.2, -0.15) is 4.68 Å². The van der Waals surface area contributed by atoms with Crippen molar-refractivity contribution in [2.75, 3.05) is 12.3 Å². The SMILES string of the molecule is CCN(C(=O)CSc1nnnn1-c1ccc(OC(F)(F)F)cc1)C1=CCCC1. The number of allylic oxidation sites excluding steroid dienone is 2. The molecule has 7 nitrogen and oxygen atoms in total. The molecule has 0 fully saturated rings. The van der Waals surface area contributed by atoms with E-state index in [1.807, 2.05) is 6.92 Å². The van der Waals surface area contributed by atoms with E-state index < -0.39 is 6.36 Å². The van der Waals surface area contributed by atoms with Crippen LogP contribution in [0.25, 0.3) is 5.69 Å². The van der Waals surface area contributed by atoms with E-state index in [-0.39, 0.29) is 17.4 Å². The molecule has 0 atom stereocenters. The van der Waals surface area contributed by atoms with Gasteiger partial charge in [-0.25, -0.2) is 0 Å². The van der Waals surface area contributed by atoms with Gasteiger partial charge < -0.3 is 9.64 Å². The third-order valence-electron chi connectivity index (χ3n) is 4.06. The molecule has 0 bridgehead atoms. The molecule has 1 heterocycles. The number of halogens is 3. The lowest BCUT2D eigenvalue weighted by Gasteiger charge is -2.21. The Hall–Kier alpha value is -2.56. The van der Waals surface area contributed by atoms with E-state index in [1.165, 1.54) is 40.7 Å². The molecule has 1 aromatic heterocycles. The van der Waals surface area contributed by atoms with Crippen molar-refractivity contribution >= 4 is 17.7 Å². The number of alkyl halides is 3. The number of ether oxygens (including phenoxy) is 1. The molecule has 3 rings (SSSR count). The van der Waals surface area contributed by atoms with Crippen molar-refractivity contribution in [3.63, 3.8) is 0 Å². The number of hydrogen-bond acceptors (Lipinski definition) is 6. The van der Waals surface area contributed by atoms with Crippen LogP contribution in [0, 0.1) is 0 Å². The lowest BCUT2D eigenvalue weighted by atomic mass is 10.3. The third kappa shape index (κ3) is 5.03. The molecular weight excluding hydrogens is 395 g/mol. The molecule has 0 saturated heterocycles. The predicted molar refractivity (Wildman–Crippen MR) is 95.9 cm³/mol. The van der Waals surface area contributed by atoms with Gasteiger partial charge in [-0.3, -0.25) is 4.79 Å². The molecule has 1 aliphatic rings. The zero-order valence-corrected chi connectivity index (χ0v) is 15.8. The smallest absolute Gasteiger partial charge is 0.406 e. The Kier molecular flexibility index (Phi) is 6.22. The highest BCUT2D eigenvalue weighted by Gasteiger charge is 2.31. The summed E-state index contributed by atoms with van der Waals surface area (Å²) in [5, 5.41) is 11.7. The summed E-state index contributed by atoms with van der Waals surface area (Å²) < 4.78 is 42.0. The minimum Gasteiger partial charge on any atom is -0.406 e. The average molecular weight is 413 g/mol. The Labute approximate surface area is 163 Å². The molecule has 0 spiro atoms. The van der Waals surface area contributed by atoms with Crippen molar-refractivity contribution in [3.8, 4) is 11.4 Å². The van der Waals surface area contributed by atoms with E-state index >= 15 is 0 Å². The Morgan fingerprint density at radius 1 is 1.32 bits per heavy atom. The Bertz CT molecular complexity index is 851. The third-order valence-corrected chi connectivity index (χ3v) is 4.97. The van der Waals surface area contributed by atoms with Gasteiger partial charge in [-0.05, 0) is 60.9 Å². The zero-order valence-electron chi connectivity index (χ0n) is 15.0. The van der Waals surface area contributed by atoms with Crippen LogP contribution in [0.4, 0.5) is 13.2 Å². The number of aromatic nitrogens is 4. The van der Waals surface area contributed by atoms with Gasteiger partial charge in [0.15, 0.2) is 0 Å². The molecule has 28 heavy (non-hydrogen) atoms. The first-order valence-corrected chi connectivity index (χ1v) is 9.62. The zero-order chi connectivity index (χ0) is 20.1. The Balaban J connectivity index is 1.66. The van der Waals surface area contributed by atoms with E-state index in [9.17, 15) is 18.0 Å². The van der Waals surface area contributed by atoms with Crippen molar-refractivity contribution < 1.29 is 22.7 Å². The molecule has 0 N–H and O–H groups in total. The van der Waals surface area contributed by atoms with E-state index in [0.717, 1.165) is 25.0 Å². The van der Waals surface area contributed by atoms with Gasteiger partial charge in [-0.1, -0.05) is 17.8 Å². The maximum atomic E-state index is 12.5. The second-order valence-corrected chi connectivity index (χ2v) is 6.87. The topological polar surface area (TPSA) is 73.1 Å². The number of amides is 1. The summed E-state index contributed by atoms with van der Waals surface area (Å²) in [6.07, 6.45) is 0.268. The van der Waals surface area contributed by atoms with Crippen LogP contribution in [0.15, 0.2) is 41.2 Å². The van der Waals surface area contributed by atoms with Gasteiger partial charge in [0, 0.05) is 12.2 Å². The van der Waals surface area contributed by atoms with E-state index in [2.05, 4.69) is 26.3 Å². The fourth-order valence-electron chi connectivity index (χ4n) is 2.86. The Morgan fingerprint density at radius 2 is 2.07 bits per heavy atom. The maximum Gasteiger partial charge on any atom is 0.573 e. The van der Waals surface area contributed by atoms with Crippen LogP contribution in [-0.2, 0) is 4.79 Å². The fraction of sp³-hybridized carbons (Fsp3) is 0.412. The predicted octanol–water partition coefficient (Wildman–Crippen LogP) is 3.57. The monoisotopic (exact) mass is 413 g/mol. The molecule has 1 aromatic carbocycles. The van der Waals surface area contributed by atoms with Gasteiger partial charge in [0.25, 0.3) is 0 Å². The molecule has 150 valence electrons. The number of thioether (sulfide) groups is 1. The number of tetrazole rings is 1. The number of benzene rings is 1. The van der Waals surface area contributed by atoms with Crippen LogP contribution in [-0.4, -0.2) is 49.7 Å². The van der Waals surface area contributed by atoms with Crippen LogP contribution >= 0.6 is 11.8 Å². The summed E-state index contributed by atoms with van der Waals surface area (Å²) in [6, 6.07) is 5.17. The fourth-order valence-corrected chi connectivity index (χ4v) is 3.63. The van der Waals surface area contributed by atoms with E-state index in [4.69, 9.17) is 0 Å². The number of carbonyl (C=O) groups is 1. The average Bonchev–Trinajstić information content (AvgIpc) is 3.32. The Morgan fingerprint density at radius 3 is 2.68 bits per heavy atom. The molecular formula is C17H18F3N5O2S. The van der Waals surface area contributed by atoms with Crippen LogP contribution in [0.3, 0.4) is 0 Å². The minimum absolute atomic E-state index is 0.0378. The van der Waals surface area contributed by atoms with Crippen molar-refractivity contribution in [1.82, 2.24) is 25.1 Å². The highest BCUT2D eigenvalue weighted by Crippen LogP contribution is 2.26. The number of carbonyl (C=O) groups excluding carboxylic acids is 1. The summed E-state index contributed by atoms with van der Waals surface area (Å²) >= 11 is 1.17. The van der Waals surface area contributed by atoms with Gasteiger partial charge in [0.2, 0.25) is 11.1 Å². The first-order chi connectivity index (χ1) is 13.4. The van der Waals surface area contributed by atoms with E-state index in [1.54, 1.807) is 4.90 Å². The van der Waals surface area contributed by atoms with Crippen LogP contribution in [0.2, 0.25) is 0 Å². The van der Waals surface area contributed by atoms with Crippen LogP contribution in [0.5, 0.6) is 5.75 Å². The molecule has 2 aromatic rings. The van der Waals surface area contributed by atoms with Crippen molar-refractivity contribution in [2.45, 2.75) is 37.7 Å². The van der Waals surface area contributed by atoms with Gasteiger partial charge in [0.05, 0.1) is 11.4 Å². The first kappa shape index (κ1) is 20.2. The van der Waals surface area contributed by atoms with E-state index in [0.29, 0.717) is 17.4 Å². The quantitative estimate of drug-likeness (QED) is 0.646. The highest BCUT2D eigenvalue weighted by molar-refractivity contribution is 7.99. The summed E-state index contributed by atoms with van der Waals surface area (Å²) in [6.45, 7) is 2.52. The van der Waals surface area contributed by atoms with Gasteiger partial charge in [-0.15, -0.1) is 18.3 Å². The number of hydrogen-bond donors (Lipinski definition) is 0. The summed E-state index contributed by atoms with van der Waals surface area (Å²) in [5.41, 5.74) is 1.51. The maximum absolute atomic E-state index is 12.5. The molecule has 0 saturated carbocycles. The summed E-state index contributed by atoms with van der Waals surface area (Å²) in [7, 11) is 0. The van der Waals surface area contributed by atoms with Gasteiger partial charge in [0.1, 0.15) is 5.75 Å². The second kappa shape index (κ2) is 8.63. The van der Waals surface area contributed by atoms with Crippen molar-refractivity contribution in [3.05, 3.63) is 36.0 Å². The largest absolute Gasteiger partial charge is 0.573 e. The second-order valence-electron chi connectivity index (χ2n) is 5.93. The molecule has 0 aliphatic heterocycles. The minimum atomic E-state index is -4.75. The molecule has 0 radical (unpaired) electrons. The first-order valence-electron chi connectivity index (χ1n) is 8.64. The van der Waals surface area contributed by atoms with Crippen molar-refractivity contribution in [1.29, 1.82) is 0 Å². The highest BCUT2D eigenvalue weighted by atomic mass is 32.2. The van der Waals surface area contributed by atoms with Crippen LogP contribution < -0.4 is 4.74 Å². The standard InChI is InChI=1S/C17H18F3N5O2S/c1-2-24(12-5-3-4-6-12)15(26)11-28-16-21-22-23-25(16)13-7-9-14(10-8-13)27-17(18,19)20/h5,7-10H,2-4,6,11H2,1H3. The van der Waals surface area contributed by atoms with Crippen LogP contribution in [0.1, 0.15) is 26.2 Å². The molecule has 1 amide bonds. The normalized spacial score (nSPS) is 14.1. The summed E-state index contributed by atoms with van der Waals surface area (Å²) in [5.74, 6) is -0.220. The molecule has 11 heteroatoms. The summed E-state index contributed by atoms with van der Waals surface area (Å²) in [4.78, 5) is 14.3.